The molecule has 1 heterocycles. The van der Waals surface area contributed by atoms with Crippen molar-refractivity contribution in [2.75, 3.05) is 11.1 Å². The highest BCUT2D eigenvalue weighted by molar-refractivity contribution is 5.64. The van der Waals surface area contributed by atoms with Gasteiger partial charge in [-0.25, -0.2) is 4.98 Å². The van der Waals surface area contributed by atoms with Gasteiger partial charge in [0.25, 0.3) is 0 Å². The Labute approximate surface area is 82.8 Å². The van der Waals surface area contributed by atoms with Crippen LogP contribution in [0.25, 0.3) is 0 Å². The van der Waals surface area contributed by atoms with Gasteiger partial charge in [0.15, 0.2) is 0 Å². The van der Waals surface area contributed by atoms with Crippen LogP contribution in [0, 0.1) is 11.3 Å². The molecule has 1 fully saturated rings. The fourth-order valence-corrected chi connectivity index (χ4v) is 1.25. The van der Waals surface area contributed by atoms with E-state index in [4.69, 9.17) is 11.0 Å². The van der Waals surface area contributed by atoms with Crippen LogP contribution < -0.4 is 11.1 Å². The number of hydrogen-bond donors (Lipinski definition) is 2. The molecular formula is C10H12N4. The molecule has 1 aliphatic carbocycles. The van der Waals surface area contributed by atoms with Gasteiger partial charge in [0, 0.05) is 11.7 Å². The number of rotatable bonds is 2. The molecule has 1 saturated carbocycles. The zero-order chi connectivity index (χ0) is 10.2. The topological polar surface area (TPSA) is 74.7 Å². The zero-order valence-electron chi connectivity index (χ0n) is 8.04. The molecule has 4 nitrogen and oxygen atoms in total. The van der Waals surface area contributed by atoms with Crippen LogP contribution in [0.5, 0.6) is 0 Å². The lowest BCUT2D eigenvalue weighted by Crippen LogP contribution is -2.18. The molecule has 1 aromatic heterocycles. The Morgan fingerprint density at radius 3 is 2.86 bits per heavy atom. The van der Waals surface area contributed by atoms with Gasteiger partial charge in [-0.15, -0.1) is 0 Å². The van der Waals surface area contributed by atoms with Crippen molar-refractivity contribution >= 4 is 11.5 Å². The van der Waals surface area contributed by atoms with Gasteiger partial charge in [0.05, 0.1) is 11.3 Å². The molecule has 3 N–H and O–H groups in total. The van der Waals surface area contributed by atoms with Crippen LogP contribution in [0.3, 0.4) is 0 Å². The third-order valence-electron chi connectivity index (χ3n) is 2.47. The summed E-state index contributed by atoms with van der Waals surface area (Å²) < 4.78 is 0. The lowest BCUT2D eigenvalue weighted by Gasteiger charge is -2.13. The zero-order valence-corrected chi connectivity index (χ0v) is 8.04. The molecule has 1 aromatic rings. The van der Waals surface area contributed by atoms with Crippen LogP contribution in [0.15, 0.2) is 12.3 Å². The standard InChI is InChI=1S/C10H12N4/c1-10(2-3-10)14-9-8(12)4-7(5-11)6-13-9/h4,6H,2-3,12H2,1H3,(H,13,14). The summed E-state index contributed by atoms with van der Waals surface area (Å²) in [5, 5.41) is 11.9. The first kappa shape index (κ1) is 8.82. The second-order valence-electron chi connectivity index (χ2n) is 3.96. The molecule has 72 valence electrons. The molecule has 0 aliphatic heterocycles. The Balaban J connectivity index is 2.23. The summed E-state index contributed by atoms with van der Waals surface area (Å²) in [4.78, 5) is 4.12. The Morgan fingerprint density at radius 1 is 1.64 bits per heavy atom. The van der Waals surface area contributed by atoms with Crippen LogP contribution >= 0.6 is 0 Å². The van der Waals surface area contributed by atoms with Gasteiger partial charge in [-0.3, -0.25) is 0 Å². The molecule has 4 heteroatoms. The third kappa shape index (κ3) is 1.62. The van der Waals surface area contributed by atoms with Crippen molar-refractivity contribution in [3.8, 4) is 6.07 Å². The van der Waals surface area contributed by atoms with Crippen LogP contribution in [-0.2, 0) is 0 Å². The minimum Gasteiger partial charge on any atom is -0.396 e. The molecule has 0 spiro atoms. The van der Waals surface area contributed by atoms with Crippen molar-refractivity contribution in [1.82, 2.24) is 4.98 Å². The molecule has 2 rings (SSSR count). The highest BCUT2D eigenvalue weighted by Gasteiger charge is 2.37. The van der Waals surface area contributed by atoms with Crippen LogP contribution in [-0.4, -0.2) is 10.5 Å². The fraction of sp³-hybridized carbons (Fsp3) is 0.400. The predicted molar refractivity (Wildman–Crippen MR) is 54.6 cm³/mol. The van der Waals surface area contributed by atoms with Crippen molar-refractivity contribution in [3.63, 3.8) is 0 Å². The van der Waals surface area contributed by atoms with Crippen LogP contribution in [0.1, 0.15) is 25.3 Å². The van der Waals surface area contributed by atoms with E-state index in [1.807, 2.05) is 6.07 Å². The van der Waals surface area contributed by atoms with E-state index < -0.39 is 0 Å². The summed E-state index contributed by atoms with van der Waals surface area (Å²) in [6, 6.07) is 3.64. The Hall–Kier alpha value is -1.76. The van der Waals surface area contributed by atoms with Crippen molar-refractivity contribution in [1.29, 1.82) is 5.26 Å². The number of pyridine rings is 1. The first-order chi connectivity index (χ1) is 6.63. The Morgan fingerprint density at radius 2 is 2.36 bits per heavy atom. The average Bonchev–Trinajstić information content (AvgIpc) is 2.88. The highest BCUT2D eigenvalue weighted by Crippen LogP contribution is 2.38. The first-order valence-electron chi connectivity index (χ1n) is 4.57. The molecule has 0 bridgehead atoms. The molecule has 0 radical (unpaired) electrons. The second kappa shape index (κ2) is 2.88. The minimum atomic E-state index is 0.162. The van der Waals surface area contributed by atoms with Gasteiger partial charge < -0.3 is 11.1 Å². The largest absolute Gasteiger partial charge is 0.396 e. The number of nitriles is 1. The quantitative estimate of drug-likeness (QED) is 0.737. The normalized spacial score (nSPS) is 17.1. The molecular weight excluding hydrogens is 176 g/mol. The van der Waals surface area contributed by atoms with Crippen molar-refractivity contribution in [2.24, 2.45) is 0 Å². The van der Waals surface area contributed by atoms with Crippen molar-refractivity contribution in [3.05, 3.63) is 17.8 Å². The lowest BCUT2D eigenvalue weighted by molar-refractivity contribution is 0.822. The Kier molecular flexibility index (Phi) is 1.81. The summed E-state index contributed by atoms with van der Waals surface area (Å²) >= 11 is 0. The molecule has 1 aliphatic rings. The smallest absolute Gasteiger partial charge is 0.149 e. The summed E-state index contributed by atoms with van der Waals surface area (Å²) in [7, 11) is 0. The highest BCUT2D eigenvalue weighted by atomic mass is 15.1. The SMILES string of the molecule is CC1(Nc2ncc(C#N)cc2N)CC1. The van der Waals surface area contributed by atoms with E-state index in [9.17, 15) is 0 Å². The molecule has 0 unspecified atom stereocenters. The van der Waals surface area contributed by atoms with Gasteiger partial charge >= 0.3 is 0 Å². The van der Waals surface area contributed by atoms with Gasteiger partial charge in [-0.1, -0.05) is 0 Å². The maximum atomic E-state index is 8.63. The van der Waals surface area contributed by atoms with E-state index in [2.05, 4.69) is 17.2 Å². The number of hydrogen-bond acceptors (Lipinski definition) is 4. The second-order valence-corrected chi connectivity index (χ2v) is 3.96. The number of aromatic nitrogens is 1. The van der Waals surface area contributed by atoms with E-state index in [1.54, 1.807) is 6.07 Å². The summed E-state index contributed by atoms with van der Waals surface area (Å²) in [5.74, 6) is 0.684. The van der Waals surface area contributed by atoms with Crippen LogP contribution in [0.2, 0.25) is 0 Å². The third-order valence-corrected chi connectivity index (χ3v) is 2.47. The van der Waals surface area contributed by atoms with Crippen molar-refractivity contribution in [2.45, 2.75) is 25.3 Å². The lowest BCUT2D eigenvalue weighted by atomic mass is 10.2. The van der Waals surface area contributed by atoms with Gasteiger partial charge in [-0.05, 0) is 25.8 Å². The number of nitrogens with one attached hydrogen (secondary N) is 1. The molecule has 0 atom stereocenters. The average molecular weight is 188 g/mol. The summed E-state index contributed by atoms with van der Waals surface area (Å²) in [6.45, 7) is 2.13. The molecule has 0 saturated heterocycles. The van der Waals surface area contributed by atoms with E-state index >= 15 is 0 Å². The summed E-state index contributed by atoms with van der Waals surface area (Å²) in [6.07, 6.45) is 3.83. The van der Waals surface area contributed by atoms with E-state index in [1.165, 1.54) is 6.20 Å². The predicted octanol–water partition coefficient (Wildman–Crippen LogP) is 1.50. The number of nitrogen functional groups attached to an aromatic ring is 1. The molecule has 0 amide bonds. The van der Waals surface area contributed by atoms with Gasteiger partial charge in [-0.2, -0.15) is 5.26 Å². The number of anilines is 2. The summed E-state index contributed by atoms with van der Waals surface area (Å²) in [5.41, 5.74) is 6.95. The minimum absolute atomic E-state index is 0.162. The maximum absolute atomic E-state index is 8.63. The number of nitrogens with zero attached hydrogens (tertiary/aromatic N) is 2. The van der Waals surface area contributed by atoms with Gasteiger partial charge in [0.1, 0.15) is 11.9 Å². The molecule has 14 heavy (non-hydrogen) atoms. The fourth-order valence-electron chi connectivity index (χ4n) is 1.25. The van der Waals surface area contributed by atoms with E-state index in [-0.39, 0.29) is 5.54 Å². The van der Waals surface area contributed by atoms with E-state index in [0.717, 1.165) is 12.8 Å². The maximum Gasteiger partial charge on any atom is 0.149 e. The van der Waals surface area contributed by atoms with Crippen LogP contribution in [0.4, 0.5) is 11.5 Å². The Bertz CT molecular complexity index is 401. The number of nitrogens with two attached hydrogens (primary N) is 1. The monoisotopic (exact) mass is 188 g/mol. The first-order valence-corrected chi connectivity index (χ1v) is 4.57. The van der Waals surface area contributed by atoms with Gasteiger partial charge in [0.2, 0.25) is 0 Å². The molecule has 0 aromatic carbocycles. The van der Waals surface area contributed by atoms with E-state index in [0.29, 0.717) is 17.1 Å². The van der Waals surface area contributed by atoms with Crippen molar-refractivity contribution < 1.29 is 0 Å².